The van der Waals surface area contributed by atoms with Crippen LogP contribution in [-0.2, 0) is 0 Å². The maximum Gasteiger partial charge on any atom is 0.358 e. The lowest BCUT2D eigenvalue weighted by molar-refractivity contribution is 0.0691. The highest BCUT2D eigenvalue weighted by Gasteiger charge is 2.13. The standard InChI is InChI=1S/C11H11N3O2/c1-7-2-4-8(5-3-7)14-6-9(12)10(13-14)11(15)16/h2-6H,12H2,1H3,(H,15,16). The highest BCUT2D eigenvalue weighted by atomic mass is 16.4. The van der Waals surface area contributed by atoms with Crippen LogP contribution in [0.3, 0.4) is 0 Å². The van der Waals surface area contributed by atoms with Crippen LogP contribution in [0.2, 0.25) is 0 Å². The topological polar surface area (TPSA) is 81.1 Å². The third kappa shape index (κ3) is 1.75. The molecule has 1 heterocycles. The summed E-state index contributed by atoms with van der Waals surface area (Å²) in [5.74, 6) is -1.12. The van der Waals surface area contributed by atoms with Gasteiger partial charge in [-0.25, -0.2) is 9.48 Å². The number of carboxylic acid groups (broad SMARTS) is 1. The number of nitrogen functional groups attached to an aromatic ring is 1. The van der Waals surface area contributed by atoms with Crippen molar-refractivity contribution in [3.05, 3.63) is 41.7 Å². The fourth-order valence-electron chi connectivity index (χ4n) is 1.38. The highest BCUT2D eigenvalue weighted by Crippen LogP contribution is 2.14. The van der Waals surface area contributed by atoms with Gasteiger partial charge in [0.15, 0.2) is 5.69 Å². The van der Waals surface area contributed by atoms with Gasteiger partial charge in [0.25, 0.3) is 0 Å². The van der Waals surface area contributed by atoms with Gasteiger partial charge in [-0.15, -0.1) is 0 Å². The van der Waals surface area contributed by atoms with Crippen LogP contribution in [0, 0.1) is 6.92 Å². The van der Waals surface area contributed by atoms with Gasteiger partial charge in [0, 0.05) is 0 Å². The van der Waals surface area contributed by atoms with Gasteiger partial charge in [0.1, 0.15) is 0 Å². The van der Waals surface area contributed by atoms with Crippen molar-refractivity contribution in [2.24, 2.45) is 0 Å². The van der Waals surface area contributed by atoms with Gasteiger partial charge in [-0.1, -0.05) is 17.7 Å². The number of aryl methyl sites for hydroxylation is 1. The lowest BCUT2D eigenvalue weighted by Gasteiger charge is -2.00. The Bertz CT molecular complexity index is 529. The van der Waals surface area contributed by atoms with Crippen molar-refractivity contribution in [2.45, 2.75) is 6.92 Å². The number of aromatic nitrogens is 2. The maximum absolute atomic E-state index is 10.8. The number of rotatable bonds is 2. The summed E-state index contributed by atoms with van der Waals surface area (Å²) in [6, 6.07) is 7.56. The van der Waals surface area contributed by atoms with E-state index in [0.29, 0.717) is 0 Å². The molecule has 1 aromatic heterocycles. The third-order valence-electron chi connectivity index (χ3n) is 2.24. The number of hydrogen-bond acceptors (Lipinski definition) is 3. The first-order valence-electron chi connectivity index (χ1n) is 4.73. The molecule has 16 heavy (non-hydrogen) atoms. The number of nitrogens with two attached hydrogens (primary N) is 1. The average molecular weight is 217 g/mol. The van der Waals surface area contributed by atoms with E-state index in [1.807, 2.05) is 31.2 Å². The van der Waals surface area contributed by atoms with Gasteiger partial charge in [-0.05, 0) is 19.1 Å². The normalized spacial score (nSPS) is 10.3. The van der Waals surface area contributed by atoms with Crippen molar-refractivity contribution in [1.82, 2.24) is 9.78 Å². The Hall–Kier alpha value is -2.30. The highest BCUT2D eigenvalue weighted by molar-refractivity contribution is 5.91. The lowest BCUT2D eigenvalue weighted by atomic mass is 10.2. The summed E-state index contributed by atoms with van der Waals surface area (Å²) in [5.41, 5.74) is 7.49. The zero-order chi connectivity index (χ0) is 11.7. The molecule has 2 aromatic rings. The second-order valence-corrected chi connectivity index (χ2v) is 3.52. The largest absolute Gasteiger partial charge is 0.476 e. The lowest BCUT2D eigenvalue weighted by Crippen LogP contribution is -2.02. The summed E-state index contributed by atoms with van der Waals surface area (Å²) in [5, 5.41) is 12.7. The molecule has 82 valence electrons. The second kappa shape index (κ2) is 3.69. The molecule has 0 atom stereocenters. The Morgan fingerprint density at radius 1 is 1.38 bits per heavy atom. The molecule has 0 unspecified atom stereocenters. The van der Waals surface area contributed by atoms with Gasteiger partial charge in [0.2, 0.25) is 0 Å². The first kappa shape index (κ1) is 10.2. The number of carbonyl (C=O) groups is 1. The molecule has 0 bridgehead atoms. The maximum atomic E-state index is 10.8. The van der Waals surface area contributed by atoms with Crippen molar-refractivity contribution in [3.63, 3.8) is 0 Å². The quantitative estimate of drug-likeness (QED) is 0.797. The van der Waals surface area contributed by atoms with E-state index in [1.54, 1.807) is 0 Å². The molecule has 0 radical (unpaired) electrons. The summed E-state index contributed by atoms with van der Waals surface area (Å²) in [7, 11) is 0. The summed E-state index contributed by atoms with van der Waals surface area (Å²) in [4.78, 5) is 10.8. The van der Waals surface area contributed by atoms with E-state index in [-0.39, 0.29) is 11.4 Å². The van der Waals surface area contributed by atoms with Crippen LogP contribution in [0.25, 0.3) is 5.69 Å². The molecule has 5 heteroatoms. The molecule has 0 saturated carbocycles. The Labute approximate surface area is 92.1 Å². The smallest absolute Gasteiger partial charge is 0.358 e. The Balaban J connectivity index is 2.45. The average Bonchev–Trinajstić information content (AvgIpc) is 2.61. The number of nitrogens with zero attached hydrogens (tertiary/aromatic N) is 2. The summed E-state index contributed by atoms with van der Waals surface area (Å²) in [6.45, 7) is 1.98. The Kier molecular flexibility index (Phi) is 2.36. The fraction of sp³-hybridized carbons (Fsp3) is 0.0909. The molecular formula is C11H11N3O2. The minimum atomic E-state index is -1.12. The van der Waals surface area contributed by atoms with E-state index < -0.39 is 5.97 Å². The van der Waals surface area contributed by atoms with Crippen LogP contribution in [0.15, 0.2) is 30.5 Å². The SMILES string of the molecule is Cc1ccc(-n2cc(N)c(C(=O)O)n2)cc1. The Morgan fingerprint density at radius 2 is 2.00 bits per heavy atom. The van der Waals surface area contributed by atoms with Crippen molar-refractivity contribution < 1.29 is 9.90 Å². The predicted molar refractivity (Wildman–Crippen MR) is 59.7 cm³/mol. The van der Waals surface area contributed by atoms with Crippen LogP contribution >= 0.6 is 0 Å². The van der Waals surface area contributed by atoms with E-state index in [4.69, 9.17) is 10.8 Å². The predicted octanol–water partition coefficient (Wildman–Crippen LogP) is 1.46. The van der Waals surface area contributed by atoms with E-state index >= 15 is 0 Å². The minimum Gasteiger partial charge on any atom is -0.476 e. The summed E-state index contributed by atoms with van der Waals surface area (Å²) in [6.07, 6.45) is 1.49. The molecule has 2 rings (SSSR count). The Morgan fingerprint density at radius 3 is 2.50 bits per heavy atom. The summed E-state index contributed by atoms with van der Waals surface area (Å²) < 4.78 is 1.46. The summed E-state index contributed by atoms with van der Waals surface area (Å²) >= 11 is 0. The number of hydrogen-bond donors (Lipinski definition) is 2. The van der Waals surface area contributed by atoms with Crippen molar-refractivity contribution in [1.29, 1.82) is 0 Å². The van der Waals surface area contributed by atoms with E-state index in [9.17, 15) is 4.79 Å². The van der Waals surface area contributed by atoms with E-state index in [1.165, 1.54) is 10.9 Å². The first-order chi connectivity index (χ1) is 7.58. The molecule has 0 aliphatic heterocycles. The van der Waals surface area contributed by atoms with Gasteiger partial charge in [0.05, 0.1) is 17.6 Å². The molecule has 0 fully saturated rings. The second-order valence-electron chi connectivity index (χ2n) is 3.52. The molecule has 0 saturated heterocycles. The number of anilines is 1. The van der Waals surface area contributed by atoms with E-state index in [0.717, 1.165) is 11.3 Å². The number of benzene rings is 1. The molecule has 1 aromatic carbocycles. The molecule has 0 spiro atoms. The fourth-order valence-corrected chi connectivity index (χ4v) is 1.38. The van der Waals surface area contributed by atoms with Crippen molar-refractivity contribution in [3.8, 4) is 5.69 Å². The minimum absolute atomic E-state index is 0.124. The third-order valence-corrected chi connectivity index (χ3v) is 2.24. The van der Waals surface area contributed by atoms with Crippen LogP contribution in [0.1, 0.15) is 16.1 Å². The van der Waals surface area contributed by atoms with Gasteiger partial charge in [-0.3, -0.25) is 0 Å². The van der Waals surface area contributed by atoms with E-state index in [2.05, 4.69) is 5.10 Å². The zero-order valence-corrected chi connectivity index (χ0v) is 8.71. The number of aromatic carboxylic acids is 1. The molecule has 0 aliphatic rings. The van der Waals surface area contributed by atoms with Gasteiger partial charge >= 0.3 is 5.97 Å². The molecular weight excluding hydrogens is 206 g/mol. The first-order valence-corrected chi connectivity index (χ1v) is 4.73. The van der Waals surface area contributed by atoms with Crippen LogP contribution in [0.5, 0.6) is 0 Å². The zero-order valence-electron chi connectivity index (χ0n) is 8.71. The van der Waals surface area contributed by atoms with Crippen molar-refractivity contribution >= 4 is 11.7 Å². The van der Waals surface area contributed by atoms with Crippen molar-refractivity contribution in [2.75, 3.05) is 5.73 Å². The molecule has 0 amide bonds. The van der Waals surface area contributed by atoms with Crippen LogP contribution in [-0.4, -0.2) is 20.9 Å². The van der Waals surface area contributed by atoms with Crippen LogP contribution in [0.4, 0.5) is 5.69 Å². The number of carboxylic acids is 1. The monoisotopic (exact) mass is 217 g/mol. The van der Waals surface area contributed by atoms with Crippen LogP contribution < -0.4 is 5.73 Å². The molecule has 0 aliphatic carbocycles. The van der Waals surface area contributed by atoms with Gasteiger partial charge < -0.3 is 10.8 Å². The van der Waals surface area contributed by atoms with Gasteiger partial charge in [-0.2, -0.15) is 5.10 Å². The molecule has 5 nitrogen and oxygen atoms in total. The molecule has 3 N–H and O–H groups in total.